The Balaban J connectivity index is 1.66. The largest absolute Gasteiger partial charge is 0.493 e. The van der Waals surface area contributed by atoms with Crippen molar-refractivity contribution in [3.63, 3.8) is 0 Å². The molecule has 1 amide bonds. The van der Waals surface area contributed by atoms with Crippen molar-refractivity contribution < 1.29 is 14.3 Å². The van der Waals surface area contributed by atoms with Crippen LogP contribution < -0.4 is 9.47 Å². The number of rotatable bonds is 5. The predicted molar refractivity (Wildman–Crippen MR) is 93.5 cm³/mol. The summed E-state index contributed by atoms with van der Waals surface area (Å²) in [5.74, 6) is 1.30. The third kappa shape index (κ3) is 3.99. The molecule has 0 saturated carbocycles. The molecular weight excluding hydrogens is 320 g/mol. The lowest BCUT2D eigenvalue weighted by Crippen LogP contribution is -2.40. The van der Waals surface area contributed by atoms with Gasteiger partial charge in [-0.2, -0.15) is 5.10 Å². The van der Waals surface area contributed by atoms with E-state index in [0.29, 0.717) is 18.0 Å². The molecule has 0 N–H and O–H groups in total. The number of carbonyl (C=O) groups is 1. The molecule has 1 aromatic heterocycles. The molecule has 1 fully saturated rings. The van der Waals surface area contributed by atoms with Gasteiger partial charge in [0.25, 0.3) is 0 Å². The van der Waals surface area contributed by atoms with Crippen molar-refractivity contribution in [3.8, 4) is 11.5 Å². The zero-order valence-electron chi connectivity index (χ0n) is 14.5. The average molecular weight is 342 g/mol. The molecule has 0 spiro atoms. The molecule has 1 atom stereocenters. The normalized spacial score (nSPS) is 17.7. The standard InChI is InChI=1S/C18H22N4O3/c1-24-16-7-5-14(10-17(16)25-2)6-8-18(23)21-9-3-4-15(11-21)22-13-19-12-20-22/h5-8,10,12-13,15H,3-4,9,11H2,1-2H3/b8-6+/t15-/m0/s1. The molecule has 1 aliphatic heterocycles. The van der Waals surface area contributed by atoms with Crippen LogP contribution in [0.3, 0.4) is 0 Å². The molecule has 7 nitrogen and oxygen atoms in total. The highest BCUT2D eigenvalue weighted by Crippen LogP contribution is 2.28. The van der Waals surface area contributed by atoms with Crippen molar-refractivity contribution in [1.82, 2.24) is 19.7 Å². The molecule has 1 aromatic carbocycles. The van der Waals surface area contributed by atoms with Crippen molar-refractivity contribution in [1.29, 1.82) is 0 Å². The van der Waals surface area contributed by atoms with Gasteiger partial charge < -0.3 is 14.4 Å². The lowest BCUT2D eigenvalue weighted by molar-refractivity contribution is -0.127. The van der Waals surface area contributed by atoms with Gasteiger partial charge in [-0.05, 0) is 36.6 Å². The summed E-state index contributed by atoms with van der Waals surface area (Å²) in [5, 5.41) is 4.19. The number of aromatic nitrogens is 3. The van der Waals surface area contributed by atoms with Crippen LogP contribution in [0.2, 0.25) is 0 Å². The quantitative estimate of drug-likeness (QED) is 0.779. The van der Waals surface area contributed by atoms with Gasteiger partial charge in [0.2, 0.25) is 5.91 Å². The molecule has 2 aromatic rings. The number of piperidine rings is 1. The number of hydrogen-bond acceptors (Lipinski definition) is 5. The molecule has 132 valence electrons. The molecule has 1 saturated heterocycles. The topological polar surface area (TPSA) is 69.5 Å². The minimum atomic E-state index is -0.000370. The molecular formula is C18H22N4O3. The molecule has 0 radical (unpaired) electrons. The monoisotopic (exact) mass is 342 g/mol. The van der Waals surface area contributed by atoms with Crippen molar-refractivity contribution in [2.75, 3.05) is 27.3 Å². The van der Waals surface area contributed by atoms with E-state index in [2.05, 4.69) is 10.1 Å². The zero-order valence-corrected chi connectivity index (χ0v) is 14.5. The van der Waals surface area contributed by atoms with Crippen LogP contribution in [-0.4, -0.2) is 52.9 Å². The van der Waals surface area contributed by atoms with Crippen LogP contribution in [-0.2, 0) is 4.79 Å². The molecule has 3 rings (SSSR count). The number of methoxy groups -OCH3 is 2. The third-order valence-corrected chi connectivity index (χ3v) is 4.34. The summed E-state index contributed by atoms with van der Waals surface area (Å²) in [7, 11) is 3.19. The molecule has 0 bridgehead atoms. The smallest absolute Gasteiger partial charge is 0.246 e. The Morgan fingerprint density at radius 3 is 2.84 bits per heavy atom. The lowest BCUT2D eigenvalue weighted by Gasteiger charge is -2.31. The van der Waals surface area contributed by atoms with Crippen LogP contribution in [0.1, 0.15) is 24.4 Å². The average Bonchev–Trinajstić information content (AvgIpc) is 3.20. The molecule has 0 unspecified atom stereocenters. The first-order valence-corrected chi connectivity index (χ1v) is 8.24. The van der Waals surface area contributed by atoms with Gasteiger partial charge in [0, 0.05) is 19.2 Å². The van der Waals surface area contributed by atoms with E-state index >= 15 is 0 Å². The molecule has 1 aliphatic rings. The molecule has 2 heterocycles. The first-order chi connectivity index (χ1) is 12.2. The second-order valence-electron chi connectivity index (χ2n) is 5.90. The summed E-state index contributed by atoms with van der Waals surface area (Å²) in [5.41, 5.74) is 0.885. The summed E-state index contributed by atoms with van der Waals surface area (Å²) < 4.78 is 12.3. The second-order valence-corrected chi connectivity index (χ2v) is 5.90. The first-order valence-electron chi connectivity index (χ1n) is 8.24. The Hall–Kier alpha value is -2.83. The van der Waals surface area contributed by atoms with E-state index in [1.54, 1.807) is 32.7 Å². The van der Waals surface area contributed by atoms with Gasteiger partial charge in [-0.25, -0.2) is 9.67 Å². The maximum Gasteiger partial charge on any atom is 0.246 e. The van der Waals surface area contributed by atoms with Gasteiger partial charge in [0.05, 0.1) is 20.3 Å². The van der Waals surface area contributed by atoms with Crippen LogP contribution in [0.25, 0.3) is 6.08 Å². The SMILES string of the molecule is COc1ccc(/C=C/C(=O)N2CCC[C@H](n3cncn3)C2)cc1OC. The summed E-state index contributed by atoms with van der Waals surface area (Å²) in [6.45, 7) is 1.42. The Bertz CT molecular complexity index is 743. The van der Waals surface area contributed by atoms with Crippen molar-refractivity contribution in [2.45, 2.75) is 18.9 Å². The van der Waals surface area contributed by atoms with Crippen LogP contribution in [0.4, 0.5) is 0 Å². The van der Waals surface area contributed by atoms with Gasteiger partial charge in [-0.15, -0.1) is 0 Å². The van der Waals surface area contributed by atoms with E-state index in [0.717, 1.165) is 24.9 Å². The maximum atomic E-state index is 12.5. The number of ether oxygens (including phenoxy) is 2. The Labute approximate surface area is 146 Å². The third-order valence-electron chi connectivity index (χ3n) is 4.34. The number of likely N-dealkylation sites (tertiary alicyclic amines) is 1. The van der Waals surface area contributed by atoms with Crippen molar-refractivity contribution >= 4 is 12.0 Å². The summed E-state index contributed by atoms with van der Waals surface area (Å²) in [6.07, 6.45) is 8.59. The molecule has 0 aliphatic carbocycles. The van der Waals surface area contributed by atoms with Gasteiger partial charge in [0.1, 0.15) is 12.7 Å². The van der Waals surface area contributed by atoms with Gasteiger partial charge >= 0.3 is 0 Å². The van der Waals surface area contributed by atoms with Crippen molar-refractivity contribution in [2.24, 2.45) is 0 Å². The maximum absolute atomic E-state index is 12.5. The number of amides is 1. The minimum Gasteiger partial charge on any atom is -0.493 e. The Kier molecular flexibility index (Phi) is 5.33. The van der Waals surface area contributed by atoms with E-state index in [1.165, 1.54) is 6.33 Å². The highest BCUT2D eigenvalue weighted by atomic mass is 16.5. The fourth-order valence-corrected chi connectivity index (χ4v) is 3.01. The van der Waals surface area contributed by atoms with E-state index in [9.17, 15) is 4.79 Å². The summed E-state index contributed by atoms with van der Waals surface area (Å²) in [6, 6.07) is 5.75. The summed E-state index contributed by atoms with van der Waals surface area (Å²) >= 11 is 0. The number of hydrogen-bond donors (Lipinski definition) is 0. The van der Waals surface area contributed by atoms with E-state index in [4.69, 9.17) is 9.47 Å². The number of benzene rings is 1. The van der Waals surface area contributed by atoms with Crippen LogP contribution in [0.15, 0.2) is 36.9 Å². The van der Waals surface area contributed by atoms with Crippen LogP contribution >= 0.6 is 0 Å². The van der Waals surface area contributed by atoms with E-state index < -0.39 is 0 Å². The minimum absolute atomic E-state index is 0.000370. The van der Waals surface area contributed by atoms with E-state index in [1.807, 2.05) is 27.8 Å². The van der Waals surface area contributed by atoms with Crippen LogP contribution in [0, 0.1) is 0 Å². The number of carbonyl (C=O) groups excluding carboxylic acids is 1. The fraction of sp³-hybridized carbons (Fsp3) is 0.389. The van der Waals surface area contributed by atoms with Crippen molar-refractivity contribution in [3.05, 3.63) is 42.5 Å². The first kappa shape index (κ1) is 17.0. The van der Waals surface area contributed by atoms with Crippen LogP contribution in [0.5, 0.6) is 11.5 Å². The summed E-state index contributed by atoms with van der Waals surface area (Å²) in [4.78, 5) is 18.3. The fourth-order valence-electron chi connectivity index (χ4n) is 3.01. The van der Waals surface area contributed by atoms with Gasteiger partial charge in [0.15, 0.2) is 11.5 Å². The lowest BCUT2D eigenvalue weighted by atomic mass is 10.1. The molecule has 7 heteroatoms. The highest BCUT2D eigenvalue weighted by Gasteiger charge is 2.23. The zero-order chi connectivity index (χ0) is 17.6. The second kappa shape index (κ2) is 7.83. The predicted octanol–water partition coefficient (Wildman–Crippen LogP) is 2.17. The number of nitrogens with zero attached hydrogens (tertiary/aromatic N) is 4. The van der Waals surface area contributed by atoms with Gasteiger partial charge in [-0.1, -0.05) is 6.07 Å². The Morgan fingerprint density at radius 2 is 2.12 bits per heavy atom. The van der Waals surface area contributed by atoms with Gasteiger partial charge in [-0.3, -0.25) is 4.79 Å². The Morgan fingerprint density at radius 1 is 1.28 bits per heavy atom. The highest BCUT2D eigenvalue weighted by molar-refractivity contribution is 5.92. The van der Waals surface area contributed by atoms with E-state index in [-0.39, 0.29) is 11.9 Å². The molecule has 25 heavy (non-hydrogen) atoms.